The molecule has 180 valence electrons. The first-order valence-electron chi connectivity index (χ1n) is 10.9. The lowest BCUT2D eigenvalue weighted by molar-refractivity contribution is 0.00578. The third-order valence-corrected chi connectivity index (χ3v) is 6.03. The first-order valence-corrected chi connectivity index (χ1v) is 10.9. The van der Waals surface area contributed by atoms with E-state index >= 15 is 0 Å². The van der Waals surface area contributed by atoms with E-state index in [4.69, 9.17) is 18.8 Å². The third kappa shape index (κ3) is 5.79. The van der Waals surface area contributed by atoms with E-state index in [0.717, 1.165) is 5.56 Å². The monoisotopic (exact) mass is 467 g/mol. The van der Waals surface area contributed by atoms with Crippen molar-refractivity contribution in [2.75, 3.05) is 13.7 Å². The zero-order valence-corrected chi connectivity index (χ0v) is 20.1. The summed E-state index contributed by atoms with van der Waals surface area (Å²) in [5, 5.41) is 12.9. The predicted octanol–water partition coefficient (Wildman–Crippen LogP) is 4.15. The third-order valence-electron chi connectivity index (χ3n) is 6.03. The minimum Gasteiger partial charge on any atom is -0.504 e. The summed E-state index contributed by atoms with van der Waals surface area (Å²) < 4.78 is 22.8. The number of hydrogen-bond acceptors (Lipinski definition) is 7. The highest BCUT2D eigenvalue weighted by Crippen LogP contribution is 2.39. The van der Waals surface area contributed by atoms with E-state index in [1.165, 1.54) is 13.2 Å². The van der Waals surface area contributed by atoms with Crippen molar-refractivity contribution in [1.29, 1.82) is 0 Å². The Hall–Kier alpha value is -3.30. The maximum Gasteiger partial charge on any atom is 0.492 e. The quantitative estimate of drug-likeness (QED) is 0.444. The number of methoxy groups -OCH3 is 1. The van der Waals surface area contributed by atoms with E-state index in [9.17, 15) is 14.7 Å². The van der Waals surface area contributed by atoms with Gasteiger partial charge in [0.25, 0.3) is 0 Å². The topological polar surface area (TPSA) is 103 Å². The van der Waals surface area contributed by atoms with E-state index in [1.54, 1.807) is 12.1 Å². The number of nitrogens with one attached hydrogen (secondary N) is 1. The fourth-order valence-electron chi connectivity index (χ4n) is 3.34. The number of phenolic OH excluding ortho intramolecular Hbond substituents is 1. The standard InChI is InChI=1S/C25H30BNO7/c1-24(2)25(3,4)34-26(33-24)20(12-18-11-19(15-28)22(29)21(13-18)31-5)14-27-23(30)32-16-17-9-7-6-8-10-17/h6-13,15,29H,14,16H2,1-5H3,(H,27,30). The molecular weight excluding hydrogens is 437 g/mol. The maximum absolute atomic E-state index is 12.3. The molecule has 1 saturated heterocycles. The molecule has 8 nitrogen and oxygen atoms in total. The average Bonchev–Trinajstić information content (AvgIpc) is 3.03. The van der Waals surface area contributed by atoms with Gasteiger partial charge in [0.2, 0.25) is 0 Å². The van der Waals surface area contributed by atoms with Crippen molar-refractivity contribution in [3.8, 4) is 11.5 Å². The molecule has 1 heterocycles. The Bertz CT molecular complexity index is 1050. The number of phenols is 1. The van der Waals surface area contributed by atoms with Gasteiger partial charge < -0.3 is 29.2 Å². The smallest absolute Gasteiger partial charge is 0.492 e. The summed E-state index contributed by atoms with van der Waals surface area (Å²) in [5.41, 5.74) is 0.933. The maximum atomic E-state index is 12.3. The first kappa shape index (κ1) is 25.3. The van der Waals surface area contributed by atoms with Crippen molar-refractivity contribution < 1.29 is 33.5 Å². The molecular formula is C25H30BNO7. The lowest BCUT2D eigenvalue weighted by atomic mass is 9.77. The van der Waals surface area contributed by atoms with E-state index < -0.39 is 24.4 Å². The van der Waals surface area contributed by atoms with Crippen molar-refractivity contribution in [3.05, 3.63) is 64.6 Å². The van der Waals surface area contributed by atoms with Crippen molar-refractivity contribution in [2.24, 2.45) is 0 Å². The molecule has 0 spiro atoms. The SMILES string of the molecule is COc1cc(C=C(CNC(=O)OCc2ccccc2)B2OC(C)(C)C(C)(C)O2)cc(C=O)c1O. The second-order valence-corrected chi connectivity index (χ2v) is 9.00. The molecule has 1 fully saturated rings. The van der Waals surface area contributed by atoms with Crippen LogP contribution in [0.1, 0.15) is 49.2 Å². The molecule has 0 aliphatic carbocycles. The van der Waals surface area contributed by atoms with E-state index in [2.05, 4.69) is 5.32 Å². The zero-order valence-electron chi connectivity index (χ0n) is 20.1. The lowest BCUT2D eigenvalue weighted by Crippen LogP contribution is -2.41. The van der Waals surface area contributed by atoms with Gasteiger partial charge in [-0.2, -0.15) is 0 Å². The molecule has 0 atom stereocenters. The number of benzene rings is 2. The Labute approximate surface area is 200 Å². The summed E-state index contributed by atoms with van der Waals surface area (Å²) in [6.07, 6.45) is 1.68. The largest absolute Gasteiger partial charge is 0.504 e. The second-order valence-electron chi connectivity index (χ2n) is 9.00. The van der Waals surface area contributed by atoms with Crippen LogP contribution in [-0.4, -0.2) is 49.5 Å². The van der Waals surface area contributed by atoms with Crippen LogP contribution < -0.4 is 10.1 Å². The van der Waals surface area contributed by atoms with Crippen LogP contribution in [0.4, 0.5) is 4.79 Å². The molecule has 9 heteroatoms. The first-order chi connectivity index (χ1) is 16.1. The van der Waals surface area contributed by atoms with Gasteiger partial charge >= 0.3 is 13.2 Å². The van der Waals surface area contributed by atoms with Crippen molar-refractivity contribution in [3.63, 3.8) is 0 Å². The van der Waals surface area contributed by atoms with Gasteiger partial charge in [0.15, 0.2) is 17.8 Å². The Balaban J connectivity index is 1.83. The number of aldehydes is 1. The van der Waals surface area contributed by atoms with E-state index in [-0.39, 0.29) is 30.2 Å². The molecule has 0 radical (unpaired) electrons. The van der Waals surface area contributed by atoms with Gasteiger partial charge in [-0.05, 0) is 56.4 Å². The summed E-state index contributed by atoms with van der Waals surface area (Å²) in [5.74, 6) is -0.0891. The Morgan fingerprint density at radius 2 is 1.76 bits per heavy atom. The molecule has 2 N–H and O–H groups in total. The highest BCUT2D eigenvalue weighted by Gasteiger charge is 2.52. The van der Waals surface area contributed by atoms with Crippen LogP contribution in [0.2, 0.25) is 0 Å². The van der Waals surface area contributed by atoms with Crippen LogP contribution in [0, 0.1) is 0 Å². The summed E-state index contributed by atoms with van der Waals surface area (Å²) in [6.45, 7) is 7.94. The van der Waals surface area contributed by atoms with Crippen LogP contribution >= 0.6 is 0 Å². The number of amides is 1. The number of alkyl carbamates (subject to hydrolysis) is 1. The zero-order chi connectivity index (χ0) is 24.9. The predicted molar refractivity (Wildman–Crippen MR) is 129 cm³/mol. The summed E-state index contributed by atoms with van der Waals surface area (Å²) in [7, 11) is 0.648. The van der Waals surface area contributed by atoms with Gasteiger partial charge in [0.05, 0.1) is 23.9 Å². The molecule has 1 amide bonds. The normalized spacial score (nSPS) is 16.7. The Morgan fingerprint density at radius 3 is 2.35 bits per heavy atom. The fourth-order valence-corrected chi connectivity index (χ4v) is 3.34. The number of carbonyl (C=O) groups is 2. The van der Waals surface area contributed by atoms with Gasteiger partial charge in [-0.1, -0.05) is 36.4 Å². The van der Waals surface area contributed by atoms with Crippen LogP contribution in [0.3, 0.4) is 0 Å². The Kier molecular flexibility index (Phi) is 7.69. The molecule has 2 aromatic carbocycles. The summed E-state index contributed by atoms with van der Waals surface area (Å²) in [6, 6.07) is 12.5. The number of carbonyl (C=O) groups excluding carboxylic acids is 2. The average molecular weight is 467 g/mol. The second kappa shape index (κ2) is 10.3. The number of ether oxygens (including phenoxy) is 2. The number of hydrogen-bond donors (Lipinski definition) is 2. The number of rotatable bonds is 8. The highest BCUT2D eigenvalue weighted by molar-refractivity contribution is 6.56. The van der Waals surface area contributed by atoms with Gasteiger partial charge in [-0.25, -0.2) is 4.79 Å². The molecule has 2 aromatic rings. The van der Waals surface area contributed by atoms with Crippen molar-refractivity contribution in [1.82, 2.24) is 5.32 Å². The van der Waals surface area contributed by atoms with Crippen LogP contribution in [-0.2, 0) is 20.7 Å². The van der Waals surface area contributed by atoms with Crippen LogP contribution in [0.5, 0.6) is 11.5 Å². The van der Waals surface area contributed by atoms with Gasteiger partial charge in [0, 0.05) is 6.54 Å². The van der Waals surface area contributed by atoms with Crippen LogP contribution in [0.25, 0.3) is 6.08 Å². The van der Waals surface area contributed by atoms with Gasteiger partial charge in [0.1, 0.15) is 6.61 Å². The van der Waals surface area contributed by atoms with Crippen molar-refractivity contribution >= 4 is 25.6 Å². The molecule has 1 aliphatic heterocycles. The molecule has 3 rings (SSSR count). The van der Waals surface area contributed by atoms with Gasteiger partial charge in [-0.15, -0.1) is 0 Å². The number of aromatic hydroxyl groups is 1. The molecule has 1 aliphatic rings. The fraction of sp³-hybridized carbons (Fsp3) is 0.360. The van der Waals surface area contributed by atoms with E-state index in [0.29, 0.717) is 17.3 Å². The van der Waals surface area contributed by atoms with Crippen molar-refractivity contribution in [2.45, 2.75) is 45.5 Å². The minimum absolute atomic E-state index is 0.0735. The summed E-state index contributed by atoms with van der Waals surface area (Å²) in [4.78, 5) is 23.8. The Morgan fingerprint density at radius 1 is 1.12 bits per heavy atom. The highest BCUT2D eigenvalue weighted by atomic mass is 16.7. The van der Waals surface area contributed by atoms with Gasteiger partial charge in [-0.3, -0.25) is 4.79 Å². The molecule has 0 bridgehead atoms. The molecule has 34 heavy (non-hydrogen) atoms. The summed E-state index contributed by atoms with van der Waals surface area (Å²) >= 11 is 0. The van der Waals surface area contributed by atoms with Crippen LogP contribution in [0.15, 0.2) is 47.9 Å². The molecule has 0 saturated carbocycles. The van der Waals surface area contributed by atoms with E-state index in [1.807, 2.05) is 58.0 Å². The minimum atomic E-state index is -0.751. The lowest BCUT2D eigenvalue weighted by Gasteiger charge is -2.32. The molecule has 0 aromatic heterocycles. The molecule has 0 unspecified atom stereocenters.